The number of nitro groups is 1. The van der Waals surface area contributed by atoms with Crippen molar-refractivity contribution < 1.29 is 14.1 Å². The first-order chi connectivity index (χ1) is 9.49. The third-order valence-corrected chi connectivity index (χ3v) is 2.80. The van der Waals surface area contributed by atoms with Gasteiger partial charge in [0.1, 0.15) is 16.4 Å². The Kier molecular flexibility index (Phi) is 3.95. The van der Waals surface area contributed by atoms with E-state index in [1.165, 1.54) is 36.4 Å². The number of amides is 1. The van der Waals surface area contributed by atoms with E-state index in [0.29, 0.717) is 0 Å². The van der Waals surface area contributed by atoms with Crippen molar-refractivity contribution in [3.63, 3.8) is 0 Å². The fraction of sp³-hybridized carbons (Fsp3) is 0. The van der Waals surface area contributed by atoms with E-state index in [0.717, 1.165) is 6.07 Å². The lowest BCUT2D eigenvalue weighted by atomic mass is 10.1. The van der Waals surface area contributed by atoms with Crippen LogP contribution in [0, 0.1) is 15.9 Å². The number of hydrogen-bond acceptors (Lipinski definition) is 3. The number of anilines is 1. The smallest absolute Gasteiger partial charge is 0.300 e. The first-order valence-electron chi connectivity index (χ1n) is 5.49. The SMILES string of the molecule is O=C(Nc1cccc(F)c1)c1cccc(Cl)c1[N+](=O)[O-]. The maximum absolute atomic E-state index is 13.0. The molecule has 2 rings (SSSR count). The van der Waals surface area contributed by atoms with Crippen molar-refractivity contribution in [1.82, 2.24) is 0 Å². The molecule has 0 spiro atoms. The summed E-state index contributed by atoms with van der Waals surface area (Å²) >= 11 is 5.72. The van der Waals surface area contributed by atoms with Crippen LogP contribution < -0.4 is 5.32 Å². The molecule has 0 aromatic heterocycles. The van der Waals surface area contributed by atoms with Gasteiger partial charge in [0.25, 0.3) is 5.91 Å². The first-order valence-corrected chi connectivity index (χ1v) is 5.86. The largest absolute Gasteiger partial charge is 0.322 e. The van der Waals surface area contributed by atoms with E-state index < -0.39 is 22.3 Å². The zero-order valence-electron chi connectivity index (χ0n) is 9.97. The molecule has 0 heterocycles. The summed E-state index contributed by atoms with van der Waals surface area (Å²) in [5.74, 6) is -1.26. The van der Waals surface area contributed by atoms with Crippen LogP contribution in [0.1, 0.15) is 10.4 Å². The van der Waals surface area contributed by atoms with Gasteiger partial charge in [-0.05, 0) is 30.3 Å². The van der Waals surface area contributed by atoms with Crippen molar-refractivity contribution in [3.05, 3.63) is 69.0 Å². The molecule has 5 nitrogen and oxygen atoms in total. The number of nitro benzene ring substituents is 1. The average Bonchev–Trinajstić information content (AvgIpc) is 2.37. The van der Waals surface area contributed by atoms with Gasteiger partial charge in [-0.25, -0.2) is 4.39 Å². The number of hydrogen-bond donors (Lipinski definition) is 1. The fourth-order valence-corrected chi connectivity index (χ4v) is 1.89. The predicted molar refractivity (Wildman–Crippen MR) is 72.5 cm³/mol. The summed E-state index contributed by atoms with van der Waals surface area (Å²) in [5, 5.41) is 13.2. The molecule has 0 unspecified atom stereocenters. The molecule has 20 heavy (non-hydrogen) atoms. The number of nitrogens with zero attached hydrogens (tertiary/aromatic N) is 1. The second-order valence-corrected chi connectivity index (χ2v) is 4.26. The summed E-state index contributed by atoms with van der Waals surface area (Å²) in [5.41, 5.74) is -0.473. The van der Waals surface area contributed by atoms with Crippen molar-refractivity contribution in [3.8, 4) is 0 Å². The van der Waals surface area contributed by atoms with Crippen molar-refractivity contribution in [1.29, 1.82) is 0 Å². The van der Waals surface area contributed by atoms with Gasteiger partial charge >= 0.3 is 5.69 Å². The van der Waals surface area contributed by atoms with E-state index in [9.17, 15) is 19.3 Å². The van der Waals surface area contributed by atoms with E-state index >= 15 is 0 Å². The number of halogens is 2. The van der Waals surface area contributed by atoms with Crippen molar-refractivity contribution in [2.24, 2.45) is 0 Å². The van der Waals surface area contributed by atoms with Crippen molar-refractivity contribution in [2.75, 3.05) is 5.32 Å². The maximum atomic E-state index is 13.0. The molecule has 102 valence electrons. The third-order valence-electron chi connectivity index (χ3n) is 2.50. The second kappa shape index (κ2) is 5.66. The summed E-state index contributed by atoms with van der Waals surface area (Å²) in [6, 6.07) is 9.23. The summed E-state index contributed by atoms with van der Waals surface area (Å²) in [6.07, 6.45) is 0. The second-order valence-electron chi connectivity index (χ2n) is 3.86. The highest BCUT2D eigenvalue weighted by molar-refractivity contribution is 6.33. The number of carbonyl (C=O) groups is 1. The maximum Gasteiger partial charge on any atom is 0.300 e. The van der Waals surface area contributed by atoms with Gasteiger partial charge in [0.15, 0.2) is 0 Å². The van der Waals surface area contributed by atoms with Gasteiger partial charge in [-0.3, -0.25) is 14.9 Å². The Balaban J connectivity index is 2.35. The summed E-state index contributed by atoms with van der Waals surface area (Å²) in [7, 11) is 0. The van der Waals surface area contributed by atoms with Crippen LogP contribution in [0.3, 0.4) is 0 Å². The molecule has 0 fully saturated rings. The van der Waals surface area contributed by atoms with Crippen LogP contribution in [-0.2, 0) is 0 Å². The zero-order chi connectivity index (χ0) is 14.7. The Labute approximate surface area is 118 Å². The van der Waals surface area contributed by atoms with Gasteiger partial charge in [0, 0.05) is 5.69 Å². The highest BCUT2D eigenvalue weighted by atomic mass is 35.5. The number of nitrogens with one attached hydrogen (secondary N) is 1. The first kappa shape index (κ1) is 14.0. The summed E-state index contributed by atoms with van der Waals surface area (Å²) in [4.78, 5) is 22.2. The molecule has 2 aromatic rings. The standard InChI is InChI=1S/C13H8ClFN2O3/c14-11-6-2-5-10(12(11)17(19)20)13(18)16-9-4-1-3-8(15)7-9/h1-7H,(H,16,18). The lowest BCUT2D eigenvalue weighted by Crippen LogP contribution is -2.14. The predicted octanol–water partition coefficient (Wildman–Crippen LogP) is 3.64. The van der Waals surface area contributed by atoms with Gasteiger partial charge in [-0.15, -0.1) is 0 Å². The molecule has 0 radical (unpaired) electrons. The van der Waals surface area contributed by atoms with E-state index in [1.54, 1.807) is 0 Å². The number of rotatable bonds is 3. The van der Waals surface area contributed by atoms with Crippen LogP contribution >= 0.6 is 11.6 Å². The molecule has 1 N–H and O–H groups in total. The van der Waals surface area contributed by atoms with Crippen LogP contribution in [0.15, 0.2) is 42.5 Å². The van der Waals surface area contributed by atoms with E-state index in [-0.39, 0.29) is 16.3 Å². The van der Waals surface area contributed by atoms with Crippen molar-refractivity contribution in [2.45, 2.75) is 0 Å². The van der Waals surface area contributed by atoms with Crippen LogP contribution in [0.2, 0.25) is 5.02 Å². The molecular weight excluding hydrogens is 287 g/mol. The molecule has 0 atom stereocenters. The molecule has 0 bridgehead atoms. The quantitative estimate of drug-likeness (QED) is 0.694. The lowest BCUT2D eigenvalue weighted by molar-refractivity contribution is -0.385. The Morgan fingerprint density at radius 1 is 1.25 bits per heavy atom. The van der Waals surface area contributed by atoms with Crippen LogP contribution in [0.25, 0.3) is 0 Å². The Bertz CT molecular complexity index is 691. The topological polar surface area (TPSA) is 72.2 Å². The van der Waals surface area contributed by atoms with E-state index in [2.05, 4.69) is 5.32 Å². The molecule has 0 aliphatic heterocycles. The summed E-state index contributed by atoms with van der Waals surface area (Å²) in [6.45, 7) is 0. The van der Waals surface area contributed by atoms with Gasteiger partial charge < -0.3 is 5.32 Å². The third kappa shape index (κ3) is 2.92. The Morgan fingerprint density at radius 2 is 1.95 bits per heavy atom. The lowest BCUT2D eigenvalue weighted by Gasteiger charge is -2.06. The summed E-state index contributed by atoms with van der Waals surface area (Å²) < 4.78 is 13.0. The molecule has 0 aliphatic rings. The molecular formula is C13H8ClFN2O3. The minimum absolute atomic E-state index is 0.137. The number of para-hydroxylation sites is 1. The minimum atomic E-state index is -0.733. The normalized spacial score (nSPS) is 10.1. The van der Waals surface area contributed by atoms with E-state index in [4.69, 9.17) is 11.6 Å². The molecule has 0 aliphatic carbocycles. The van der Waals surface area contributed by atoms with Gasteiger partial charge in [0.2, 0.25) is 0 Å². The minimum Gasteiger partial charge on any atom is -0.322 e. The fourth-order valence-electron chi connectivity index (χ4n) is 1.65. The Morgan fingerprint density at radius 3 is 2.60 bits per heavy atom. The highest BCUT2D eigenvalue weighted by Gasteiger charge is 2.23. The van der Waals surface area contributed by atoms with Crippen LogP contribution in [-0.4, -0.2) is 10.8 Å². The van der Waals surface area contributed by atoms with Gasteiger partial charge in [-0.1, -0.05) is 23.7 Å². The van der Waals surface area contributed by atoms with Gasteiger partial charge in [0.05, 0.1) is 4.92 Å². The number of benzene rings is 2. The van der Waals surface area contributed by atoms with Crippen LogP contribution in [0.4, 0.5) is 15.8 Å². The van der Waals surface area contributed by atoms with E-state index in [1.807, 2.05) is 0 Å². The molecule has 0 saturated heterocycles. The molecule has 0 saturated carbocycles. The monoisotopic (exact) mass is 294 g/mol. The molecule has 1 amide bonds. The zero-order valence-corrected chi connectivity index (χ0v) is 10.7. The Hall–Kier alpha value is -2.47. The average molecular weight is 295 g/mol. The van der Waals surface area contributed by atoms with Gasteiger partial charge in [-0.2, -0.15) is 0 Å². The van der Waals surface area contributed by atoms with Crippen LogP contribution in [0.5, 0.6) is 0 Å². The molecule has 2 aromatic carbocycles. The number of carbonyl (C=O) groups excluding carboxylic acids is 1. The van der Waals surface area contributed by atoms with Crippen molar-refractivity contribution >= 4 is 28.9 Å². The molecule has 7 heteroatoms. The highest BCUT2D eigenvalue weighted by Crippen LogP contribution is 2.28.